The Morgan fingerprint density at radius 1 is 1.24 bits per heavy atom. The number of hydrogen-bond acceptors (Lipinski definition) is 2. The summed E-state index contributed by atoms with van der Waals surface area (Å²) in [5.41, 5.74) is 0.588. The summed E-state index contributed by atoms with van der Waals surface area (Å²) in [6.07, 6.45) is 8.95. The molecular weight excluding hydrogens is 210 g/mol. The minimum atomic E-state index is 0.388. The molecule has 2 nitrogen and oxygen atoms in total. The van der Waals surface area contributed by atoms with E-state index < -0.39 is 0 Å². The van der Waals surface area contributed by atoms with E-state index in [0.717, 1.165) is 24.5 Å². The second-order valence-corrected chi connectivity index (χ2v) is 6.99. The van der Waals surface area contributed by atoms with Crippen molar-refractivity contribution in [3.05, 3.63) is 0 Å². The first-order chi connectivity index (χ1) is 8.17. The lowest BCUT2D eigenvalue weighted by Crippen LogP contribution is -2.35. The molecule has 0 saturated heterocycles. The maximum absolute atomic E-state index is 5.77. The Labute approximate surface area is 105 Å². The quantitative estimate of drug-likeness (QED) is 0.735. The fourth-order valence-corrected chi connectivity index (χ4v) is 3.60. The molecular formula is C15H27NO. The smallest absolute Gasteiger partial charge is 0.0518 e. The third-order valence-corrected chi connectivity index (χ3v) is 4.89. The van der Waals surface area contributed by atoms with E-state index in [1.165, 1.54) is 45.1 Å². The summed E-state index contributed by atoms with van der Waals surface area (Å²) >= 11 is 0. The summed E-state index contributed by atoms with van der Waals surface area (Å²) in [4.78, 5) is 0. The van der Waals surface area contributed by atoms with Crippen LogP contribution in [-0.2, 0) is 4.74 Å². The van der Waals surface area contributed by atoms with E-state index in [9.17, 15) is 0 Å². The fourth-order valence-electron chi connectivity index (χ4n) is 3.60. The van der Waals surface area contributed by atoms with Crippen LogP contribution in [0.15, 0.2) is 0 Å². The molecule has 1 N–H and O–H groups in total. The van der Waals surface area contributed by atoms with Crippen molar-refractivity contribution in [2.75, 3.05) is 13.2 Å². The van der Waals surface area contributed by atoms with E-state index in [0.29, 0.717) is 11.5 Å². The summed E-state index contributed by atoms with van der Waals surface area (Å²) < 4.78 is 5.77. The van der Waals surface area contributed by atoms with Gasteiger partial charge in [-0.05, 0) is 69.6 Å². The molecule has 17 heavy (non-hydrogen) atoms. The van der Waals surface area contributed by atoms with Crippen LogP contribution in [-0.4, -0.2) is 25.3 Å². The minimum absolute atomic E-state index is 0.388. The van der Waals surface area contributed by atoms with Gasteiger partial charge in [0.15, 0.2) is 0 Å². The number of fused-ring (bicyclic) bond motifs is 1. The van der Waals surface area contributed by atoms with E-state index in [2.05, 4.69) is 19.2 Å². The maximum Gasteiger partial charge on any atom is 0.0518 e. The highest BCUT2D eigenvalue weighted by molar-refractivity contribution is 5.04. The molecule has 0 aromatic rings. The van der Waals surface area contributed by atoms with E-state index in [1.807, 2.05) is 0 Å². The Morgan fingerprint density at radius 3 is 2.53 bits per heavy atom. The molecule has 2 unspecified atom stereocenters. The molecule has 2 heteroatoms. The van der Waals surface area contributed by atoms with Gasteiger partial charge in [0, 0.05) is 19.2 Å². The van der Waals surface area contributed by atoms with E-state index in [4.69, 9.17) is 4.74 Å². The van der Waals surface area contributed by atoms with Gasteiger partial charge in [-0.3, -0.25) is 0 Å². The molecule has 3 rings (SSSR count). The Hall–Kier alpha value is -0.0800. The van der Waals surface area contributed by atoms with Gasteiger partial charge in [0.2, 0.25) is 0 Å². The van der Waals surface area contributed by atoms with Crippen LogP contribution in [0.5, 0.6) is 0 Å². The number of hydrogen-bond donors (Lipinski definition) is 1. The highest BCUT2D eigenvalue weighted by atomic mass is 16.5. The van der Waals surface area contributed by atoms with Crippen LogP contribution in [0.4, 0.5) is 0 Å². The molecule has 0 heterocycles. The van der Waals surface area contributed by atoms with Crippen molar-refractivity contribution in [2.24, 2.45) is 17.3 Å². The third-order valence-electron chi connectivity index (χ3n) is 4.89. The molecule has 3 saturated carbocycles. The molecule has 3 fully saturated rings. The standard InChI is InChI=1S/C15H27NO/c1-11(2)17-6-5-15(10-16-14-3-4-14)8-12-7-13(12)9-15/h11-14,16H,3-10H2,1-2H3. The van der Waals surface area contributed by atoms with Crippen molar-refractivity contribution in [1.29, 1.82) is 0 Å². The van der Waals surface area contributed by atoms with Gasteiger partial charge in [0.1, 0.15) is 0 Å². The van der Waals surface area contributed by atoms with Crippen molar-refractivity contribution < 1.29 is 4.74 Å². The predicted molar refractivity (Wildman–Crippen MR) is 70.0 cm³/mol. The minimum Gasteiger partial charge on any atom is -0.379 e. The molecule has 2 atom stereocenters. The van der Waals surface area contributed by atoms with Crippen LogP contribution < -0.4 is 5.32 Å². The van der Waals surface area contributed by atoms with Crippen LogP contribution in [0.1, 0.15) is 52.4 Å². The van der Waals surface area contributed by atoms with Gasteiger partial charge in [-0.2, -0.15) is 0 Å². The van der Waals surface area contributed by atoms with E-state index in [1.54, 1.807) is 0 Å². The summed E-state index contributed by atoms with van der Waals surface area (Å²) in [6.45, 7) is 6.50. The van der Waals surface area contributed by atoms with Crippen LogP contribution >= 0.6 is 0 Å². The first kappa shape index (κ1) is 12.0. The zero-order chi connectivity index (χ0) is 11.9. The van der Waals surface area contributed by atoms with Crippen molar-refractivity contribution >= 4 is 0 Å². The Balaban J connectivity index is 1.48. The lowest BCUT2D eigenvalue weighted by Gasteiger charge is -2.31. The van der Waals surface area contributed by atoms with E-state index in [-0.39, 0.29) is 0 Å². The molecule has 98 valence electrons. The fraction of sp³-hybridized carbons (Fsp3) is 1.00. The van der Waals surface area contributed by atoms with Crippen molar-refractivity contribution in [1.82, 2.24) is 5.32 Å². The zero-order valence-corrected chi connectivity index (χ0v) is 11.4. The van der Waals surface area contributed by atoms with Crippen molar-refractivity contribution in [3.63, 3.8) is 0 Å². The molecule has 0 aromatic heterocycles. The van der Waals surface area contributed by atoms with Gasteiger partial charge in [-0.1, -0.05) is 0 Å². The molecule has 0 spiro atoms. The average Bonchev–Trinajstić information content (AvgIpc) is 3.17. The average molecular weight is 237 g/mol. The molecule has 0 aromatic carbocycles. The largest absolute Gasteiger partial charge is 0.379 e. The first-order valence-electron chi connectivity index (χ1n) is 7.52. The van der Waals surface area contributed by atoms with Crippen molar-refractivity contribution in [2.45, 2.75) is 64.5 Å². The van der Waals surface area contributed by atoms with Crippen molar-refractivity contribution in [3.8, 4) is 0 Å². The number of ether oxygens (including phenoxy) is 1. The normalized spacial score (nSPS) is 39.7. The van der Waals surface area contributed by atoms with Gasteiger partial charge in [0.05, 0.1) is 6.10 Å². The number of nitrogens with one attached hydrogen (secondary N) is 1. The van der Waals surface area contributed by atoms with Gasteiger partial charge in [-0.25, -0.2) is 0 Å². The van der Waals surface area contributed by atoms with Gasteiger partial charge < -0.3 is 10.1 Å². The van der Waals surface area contributed by atoms with Gasteiger partial charge >= 0.3 is 0 Å². The van der Waals surface area contributed by atoms with Crippen LogP contribution in [0.25, 0.3) is 0 Å². The SMILES string of the molecule is CC(C)OCCC1(CNC2CC2)CC2CC2C1. The summed E-state index contributed by atoms with van der Waals surface area (Å²) in [5.74, 6) is 2.16. The first-order valence-corrected chi connectivity index (χ1v) is 7.52. The Kier molecular flexibility index (Phi) is 3.20. The predicted octanol–water partition coefficient (Wildman–Crippen LogP) is 2.97. The molecule has 0 radical (unpaired) electrons. The summed E-state index contributed by atoms with van der Waals surface area (Å²) in [5, 5.41) is 3.76. The highest BCUT2D eigenvalue weighted by Crippen LogP contribution is 2.61. The van der Waals surface area contributed by atoms with E-state index >= 15 is 0 Å². The van der Waals surface area contributed by atoms with Crippen LogP contribution in [0.2, 0.25) is 0 Å². The molecule has 3 aliphatic carbocycles. The molecule has 3 aliphatic rings. The van der Waals surface area contributed by atoms with Gasteiger partial charge in [0.25, 0.3) is 0 Å². The highest BCUT2D eigenvalue weighted by Gasteiger charge is 2.53. The third kappa shape index (κ3) is 3.03. The second-order valence-electron chi connectivity index (χ2n) is 6.99. The Bertz CT molecular complexity index is 262. The molecule has 0 aliphatic heterocycles. The second kappa shape index (κ2) is 4.55. The van der Waals surface area contributed by atoms with Crippen LogP contribution in [0.3, 0.4) is 0 Å². The molecule has 0 amide bonds. The Morgan fingerprint density at radius 2 is 1.94 bits per heavy atom. The van der Waals surface area contributed by atoms with Crippen LogP contribution in [0, 0.1) is 17.3 Å². The summed E-state index contributed by atoms with van der Waals surface area (Å²) in [6, 6.07) is 0.856. The zero-order valence-electron chi connectivity index (χ0n) is 11.4. The lowest BCUT2D eigenvalue weighted by atomic mass is 9.80. The lowest BCUT2D eigenvalue weighted by molar-refractivity contribution is 0.0483. The molecule has 0 bridgehead atoms. The van der Waals surface area contributed by atoms with Gasteiger partial charge in [-0.15, -0.1) is 0 Å². The maximum atomic E-state index is 5.77. The number of rotatable bonds is 7. The topological polar surface area (TPSA) is 21.3 Å². The summed E-state index contributed by atoms with van der Waals surface area (Å²) in [7, 11) is 0. The monoisotopic (exact) mass is 237 g/mol.